The summed E-state index contributed by atoms with van der Waals surface area (Å²) in [5, 5.41) is 0. The van der Waals surface area contributed by atoms with E-state index < -0.39 is 11.6 Å². The van der Waals surface area contributed by atoms with E-state index in [0.29, 0.717) is 0 Å². The zero-order valence-electron chi connectivity index (χ0n) is 6.73. The van der Waals surface area contributed by atoms with Gasteiger partial charge in [-0.2, -0.15) is 0 Å². The highest BCUT2D eigenvalue weighted by Crippen LogP contribution is 2.23. The van der Waals surface area contributed by atoms with Crippen LogP contribution in [0.3, 0.4) is 0 Å². The number of hydrogen-bond donors (Lipinski definition) is 0. The van der Waals surface area contributed by atoms with Crippen LogP contribution >= 0.6 is 0 Å². The van der Waals surface area contributed by atoms with Crippen molar-refractivity contribution in [3.05, 3.63) is 36.3 Å². The molecule has 0 N–H and O–H groups in total. The molecular weight excluding hydrogens is 162 g/mol. The van der Waals surface area contributed by atoms with Gasteiger partial charge in [0.2, 0.25) is 0 Å². The zero-order valence-corrected chi connectivity index (χ0v) is 6.73. The van der Waals surface area contributed by atoms with Crippen LogP contribution in [0, 0.1) is 18.6 Å². The fourth-order valence-electron chi connectivity index (χ4n) is 0.850. The van der Waals surface area contributed by atoms with Crippen molar-refractivity contribution in [1.29, 1.82) is 0 Å². The third kappa shape index (κ3) is 1.55. The maximum Gasteiger partial charge on any atom is 0.190 e. The molecule has 0 saturated carbocycles. The van der Waals surface area contributed by atoms with Gasteiger partial charge in [-0.3, -0.25) is 0 Å². The van der Waals surface area contributed by atoms with Crippen molar-refractivity contribution in [2.45, 2.75) is 6.92 Å². The number of benzene rings is 1. The molecule has 1 nitrogen and oxygen atoms in total. The zero-order chi connectivity index (χ0) is 9.14. The summed E-state index contributed by atoms with van der Waals surface area (Å²) in [7, 11) is 0. The Bertz CT molecular complexity index is 284. The molecule has 0 aliphatic carbocycles. The number of halogens is 2. The van der Waals surface area contributed by atoms with Gasteiger partial charge in [0.05, 0.1) is 6.61 Å². The fraction of sp³-hybridized carbons (Fsp3) is 0.222. The lowest BCUT2D eigenvalue weighted by molar-refractivity contribution is 0.302. The quantitative estimate of drug-likeness (QED) is 0.664. The van der Waals surface area contributed by atoms with E-state index in [1.165, 1.54) is 6.07 Å². The van der Waals surface area contributed by atoms with Gasteiger partial charge < -0.3 is 4.74 Å². The van der Waals surface area contributed by atoms with Gasteiger partial charge in [0.1, 0.15) is 0 Å². The first kappa shape index (κ1) is 8.97. The Balaban J connectivity index is 3.14. The Hall–Kier alpha value is -1.12. The minimum atomic E-state index is -0.725. The summed E-state index contributed by atoms with van der Waals surface area (Å²) in [6, 6.07) is 2.41. The van der Waals surface area contributed by atoms with Crippen molar-refractivity contribution < 1.29 is 13.5 Å². The molecule has 0 aliphatic rings. The van der Waals surface area contributed by atoms with Gasteiger partial charge >= 0.3 is 0 Å². The Labute approximate surface area is 70.0 Å². The lowest BCUT2D eigenvalue weighted by Gasteiger charge is -2.06. The maximum atomic E-state index is 13.0. The normalized spacial score (nSPS) is 10.0. The third-order valence-corrected chi connectivity index (χ3v) is 1.42. The first-order valence-electron chi connectivity index (χ1n) is 3.59. The van der Waals surface area contributed by atoms with Crippen molar-refractivity contribution in [3.63, 3.8) is 0 Å². The number of rotatable bonds is 2. The lowest BCUT2D eigenvalue weighted by atomic mass is 10.2. The summed E-state index contributed by atoms with van der Waals surface area (Å²) >= 11 is 0. The van der Waals surface area contributed by atoms with Gasteiger partial charge in [-0.1, -0.05) is 6.07 Å². The number of hydrogen-bond acceptors (Lipinski definition) is 1. The molecule has 1 radical (unpaired) electrons. The average Bonchev–Trinajstić information content (AvgIpc) is 2.06. The molecule has 0 amide bonds. The lowest BCUT2D eigenvalue weighted by Crippen LogP contribution is -1.99. The summed E-state index contributed by atoms with van der Waals surface area (Å²) in [5.74, 6) is -1.76. The Morgan fingerprint density at radius 1 is 1.42 bits per heavy atom. The predicted octanol–water partition coefficient (Wildman–Crippen LogP) is 2.55. The van der Waals surface area contributed by atoms with Crippen LogP contribution in [-0.2, 0) is 0 Å². The summed E-state index contributed by atoms with van der Waals surface area (Å²) in [6.07, 6.45) is 0. The Morgan fingerprint density at radius 3 is 2.67 bits per heavy atom. The standard InChI is InChI=1S/C9H9F2O/c1-3-12-9-7(10)5-4-6(2)8(9)11/h4-5H,2-3H2,1H3. The van der Waals surface area contributed by atoms with Gasteiger partial charge in [-0.05, 0) is 25.5 Å². The van der Waals surface area contributed by atoms with Crippen LogP contribution < -0.4 is 4.74 Å². The van der Waals surface area contributed by atoms with Crippen LogP contribution in [0.1, 0.15) is 12.5 Å². The molecule has 0 bridgehead atoms. The first-order chi connectivity index (χ1) is 5.66. The minimum absolute atomic E-state index is 0.139. The predicted molar refractivity (Wildman–Crippen MR) is 42.0 cm³/mol. The van der Waals surface area contributed by atoms with E-state index in [4.69, 9.17) is 4.74 Å². The summed E-state index contributed by atoms with van der Waals surface area (Å²) in [6.45, 7) is 5.28. The van der Waals surface area contributed by atoms with E-state index in [0.717, 1.165) is 6.07 Å². The molecule has 3 heteroatoms. The van der Waals surface area contributed by atoms with Gasteiger partial charge in [0, 0.05) is 0 Å². The van der Waals surface area contributed by atoms with Crippen molar-refractivity contribution in [1.82, 2.24) is 0 Å². The minimum Gasteiger partial charge on any atom is -0.488 e. The van der Waals surface area contributed by atoms with Crippen LogP contribution in [0.5, 0.6) is 5.75 Å². The highest BCUT2D eigenvalue weighted by molar-refractivity contribution is 5.34. The van der Waals surface area contributed by atoms with E-state index in [1.54, 1.807) is 6.92 Å². The molecule has 0 unspecified atom stereocenters. The fourth-order valence-corrected chi connectivity index (χ4v) is 0.850. The third-order valence-electron chi connectivity index (χ3n) is 1.42. The van der Waals surface area contributed by atoms with Crippen LogP contribution in [0.4, 0.5) is 8.78 Å². The Morgan fingerprint density at radius 2 is 2.08 bits per heavy atom. The largest absolute Gasteiger partial charge is 0.488 e. The number of ether oxygens (including phenoxy) is 1. The highest BCUT2D eigenvalue weighted by Gasteiger charge is 2.11. The van der Waals surface area contributed by atoms with Crippen LogP contribution in [0.2, 0.25) is 0 Å². The molecule has 1 aromatic rings. The molecule has 0 aromatic heterocycles. The molecule has 0 heterocycles. The van der Waals surface area contributed by atoms with E-state index in [-0.39, 0.29) is 17.9 Å². The summed E-state index contributed by atoms with van der Waals surface area (Å²) in [4.78, 5) is 0. The molecule has 0 spiro atoms. The molecule has 0 fully saturated rings. The average molecular weight is 171 g/mol. The van der Waals surface area contributed by atoms with Gasteiger partial charge in [0.15, 0.2) is 17.4 Å². The van der Waals surface area contributed by atoms with E-state index in [9.17, 15) is 8.78 Å². The van der Waals surface area contributed by atoms with E-state index >= 15 is 0 Å². The van der Waals surface area contributed by atoms with Crippen molar-refractivity contribution in [2.75, 3.05) is 6.61 Å². The second kappa shape index (κ2) is 3.52. The SMILES string of the molecule is [CH2]c1ccc(F)c(OCC)c1F. The van der Waals surface area contributed by atoms with Crippen molar-refractivity contribution in [3.8, 4) is 5.75 Å². The van der Waals surface area contributed by atoms with Crippen LogP contribution in [0.25, 0.3) is 0 Å². The molecule has 1 rings (SSSR count). The monoisotopic (exact) mass is 171 g/mol. The van der Waals surface area contributed by atoms with Crippen LogP contribution in [0.15, 0.2) is 12.1 Å². The smallest absolute Gasteiger partial charge is 0.190 e. The molecule has 0 aliphatic heterocycles. The molecule has 65 valence electrons. The van der Waals surface area contributed by atoms with E-state index in [1.807, 2.05) is 0 Å². The molecule has 12 heavy (non-hydrogen) atoms. The molecular formula is C9H9F2O. The summed E-state index contributed by atoms with van der Waals surface area (Å²) in [5.41, 5.74) is 0.139. The second-order valence-electron chi connectivity index (χ2n) is 2.28. The molecule has 0 saturated heterocycles. The van der Waals surface area contributed by atoms with Crippen molar-refractivity contribution in [2.24, 2.45) is 0 Å². The van der Waals surface area contributed by atoms with Crippen LogP contribution in [-0.4, -0.2) is 6.61 Å². The van der Waals surface area contributed by atoms with E-state index in [2.05, 4.69) is 6.92 Å². The van der Waals surface area contributed by atoms with Crippen molar-refractivity contribution >= 4 is 0 Å². The molecule has 0 atom stereocenters. The Kier molecular flexibility index (Phi) is 2.63. The van der Waals surface area contributed by atoms with Gasteiger partial charge in [0.25, 0.3) is 0 Å². The van der Waals surface area contributed by atoms with Gasteiger partial charge in [-0.15, -0.1) is 0 Å². The topological polar surface area (TPSA) is 9.23 Å². The summed E-state index contributed by atoms with van der Waals surface area (Å²) < 4.78 is 30.6. The van der Waals surface area contributed by atoms with Gasteiger partial charge in [-0.25, -0.2) is 8.78 Å². The second-order valence-corrected chi connectivity index (χ2v) is 2.28. The maximum absolute atomic E-state index is 13.0. The highest BCUT2D eigenvalue weighted by atomic mass is 19.1. The first-order valence-corrected chi connectivity index (χ1v) is 3.59. The molecule has 1 aromatic carbocycles.